The van der Waals surface area contributed by atoms with Gasteiger partial charge in [-0.15, -0.1) is 0 Å². The SMILES string of the molecule is Cc1cc2c(NC34CC(N)(C3)C4)nccn2n1. The van der Waals surface area contributed by atoms with E-state index in [0.29, 0.717) is 0 Å². The molecule has 2 aromatic heterocycles. The average Bonchev–Trinajstić information content (AvgIpc) is 2.55. The van der Waals surface area contributed by atoms with E-state index in [1.165, 1.54) is 0 Å². The van der Waals surface area contributed by atoms with E-state index in [1.807, 2.05) is 17.6 Å². The quantitative estimate of drug-likeness (QED) is 0.808. The third-order valence-electron chi connectivity index (χ3n) is 3.97. The maximum absolute atomic E-state index is 6.07. The summed E-state index contributed by atoms with van der Waals surface area (Å²) in [6.07, 6.45) is 6.85. The van der Waals surface area contributed by atoms with Gasteiger partial charge in [0, 0.05) is 23.5 Å². The Morgan fingerprint density at radius 2 is 2.18 bits per heavy atom. The summed E-state index contributed by atoms with van der Waals surface area (Å²) in [5.41, 5.74) is 8.45. The summed E-state index contributed by atoms with van der Waals surface area (Å²) in [6, 6.07) is 2.05. The Kier molecular flexibility index (Phi) is 1.45. The molecule has 2 heterocycles. The number of aromatic nitrogens is 3. The molecule has 88 valence electrons. The van der Waals surface area contributed by atoms with Crippen LogP contribution in [0.4, 0.5) is 5.82 Å². The predicted octanol–water partition coefficient (Wildman–Crippen LogP) is 1.08. The van der Waals surface area contributed by atoms with Gasteiger partial charge in [-0.3, -0.25) is 0 Å². The molecule has 0 unspecified atom stereocenters. The van der Waals surface area contributed by atoms with Crippen molar-refractivity contribution in [1.82, 2.24) is 14.6 Å². The van der Waals surface area contributed by atoms with E-state index in [2.05, 4.69) is 21.5 Å². The third kappa shape index (κ3) is 1.17. The summed E-state index contributed by atoms with van der Waals surface area (Å²) in [4.78, 5) is 4.42. The van der Waals surface area contributed by atoms with E-state index in [-0.39, 0.29) is 11.1 Å². The number of rotatable bonds is 2. The second-order valence-electron chi connectivity index (χ2n) is 5.69. The van der Waals surface area contributed by atoms with Gasteiger partial charge in [-0.1, -0.05) is 0 Å². The minimum Gasteiger partial charge on any atom is -0.363 e. The molecule has 5 rings (SSSR count). The smallest absolute Gasteiger partial charge is 0.152 e. The molecule has 0 amide bonds. The molecule has 5 heteroatoms. The van der Waals surface area contributed by atoms with E-state index >= 15 is 0 Å². The number of nitrogens with two attached hydrogens (primary N) is 1. The Morgan fingerprint density at radius 1 is 1.41 bits per heavy atom. The first-order valence-electron chi connectivity index (χ1n) is 5.96. The molecule has 0 radical (unpaired) electrons. The van der Waals surface area contributed by atoms with Gasteiger partial charge < -0.3 is 11.1 Å². The monoisotopic (exact) mass is 229 g/mol. The lowest BCUT2D eigenvalue weighted by molar-refractivity contribution is -0.0319. The van der Waals surface area contributed by atoms with Gasteiger partial charge in [0.25, 0.3) is 0 Å². The topological polar surface area (TPSA) is 68.2 Å². The highest BCUT2D eigenvalue weighted by Crippen LogP contribution is 2.60. The van der Waals surface area contributed by atoms with Crippen LogP contribution in [-0.2, 0) is 0 Å². The molecule has 0 spiro atoms. The lowest BCUT2D eigenvalue weighted by atomic mass is 9.44. The number of nitrogens with zero attached hydrogens (tertiary/aromatic N) is 3. The van der Waals surface area contributed by atoms with Crippen LogP contribution < -0.4 is 11.1 Å². The Labute approximate surface area is 99.0 Å². The van der Waals surface area contributed by atoms with Crippen LogP contribution in [0.15, 0.2) is 18.5 Å². The van der Waals surface area contributed by atoms with Crippen LogP contribution in [0, 0.1) is 6.92 Å². The molecule has 2 aromatic rings. The number of aryl methyl sites for hydroxylation is 1. The van der Waals surface area contributed by atoms with Crippen molar-refractivity contribution in [3.05, 3.63) is 24.2 Å². The van der Waals surface area contributed by atoms with Gasteiger partial charge in [-0.25, -0.2) is 9.50 Å². The standard InChI is InChI=1S/C12H15N5/c1-8-4-9-10(14-2-3-17(9)16-8)15-12-5-11(13,6-12)7-12/h2-4H,5-7,13H2,1H3,(H,14,15). The van der Waals surface area contributed by atoms with Crippen LogP contribution in [0.25, 0.3) is 5.52 Å². The van der Waals surface area contributed by atoms with E-state index in [9.17, 15) is 0 Å². The van der Waals surface area contributed by atoms with Crippen LogP contribution in [0.2, 0.25) is 0 Å². The molecular formula is C12H15N5. The zero-order valence-electron chi connectivity index (χ0n) is 9.77. The predicted molar refractivity (Wildman–Crippen MR) is 64.8 cm³/mol. The van der Waals surface area contributed by atoms with Gasteiger partial charge in [0.2, 0.25) is 0 Å². The fourth-order valence-electron chi connectivity index (χ4n) is 3.39. The highest BCUT2D eigenvalue weighted by molar-refractivity contribution is 5.69. The number of nitrogens with one attached hydrogen (secondary N) is 1. The van der Waals surface area contributed by atoms with Crippen molar-refractivity contribution < 1.29 is 0 Å². The molecule has 3 aliphatic rings. The van der Waals surface area contributed by atoms with Crippen molar-refractivity contribution in [3.63, 3.8) is 0 Å². The Bertz CT molecular complexity index is 595. The fourth-order valence-corrected chi connectivity index (χ4v) is 3.39. The van der Waals surface area contributed by atoms with Gasteiger partial charge in [0.1, 0.15) is 5.52 Å². The van der Waals surface area contributed by atoms with E-state index < -0.39 is 0 Å². The third-order valence-corrected chi connectivity index (χ3v) is 3.97. The van der Waals surface area contributed by atoms with Gasteiger partial charge in [0.15, 0.2) is 5.82 Å². The van der Waals surface area contributed by atoms with Crippen molar-refractivity contribution in [3.8, 4) is 0 Å². The first-order chi connectivity index (χ1) is 8.08. The van der Waals surface area contributed by atoms with E-state index in [4.69, 9.17) is 5.73 Å². The lowest BCUT2D eigenvalue weighted by Crippen LogP contribution is -2.79. The molecule has 0 atom stereocenters. The maximum Gasteiger partial charge on any atom is 0.152 e. The molecular weight excluding hydrogens is 214 g/mol. The molecule has 0 aliphatic heterocycles. The maximum atomic E-state index is 6.07. The molecule has 17 heavy (non-hydrogen) atoms. The van der Waals surface area contributed by atoms with Crippen LogP contribution in [0.5, 0.6) is 0 Å². The van der Waals surface area contributed by atoms with E-state index in [1.54, 1.807) is 6.20 Å². The largest absolute Gasteiger partial charge is 0.363 e. The normalized spacial score (nSPS) is 34.2. The van der Waals surface area contributed by atoms with Gasteiger partial charge in [-0.05, 0) is 32.3 Å². The summed E-state index contributed by atoms with van der Waals surface area (Å²) in [5, 5.41) is 7.94. The van der Waals surface area contributed by atoms with Gasteiger partial charge in [-0.2, -0.15) is 5.10 Å². The summed E-state index contributed by atoms with van der Waals surface area (Å²) >= 11 is 0. The molecule has 3 fully saturated rings. The van der Waals surface area contributed by atoms with E-state index in [0.717, 1.165) is 36.3 Å². The van der Waals surface area contributed by atoms with Crippen molar-refractivity contribution in [2.75, 3.05) is 5.32 Å². The molecule has 3 N–H and O–H groups in total. The van der Waals surface area contributed by atoms with Crippen LogP contribution in [0.1, 0.15) is 25.0 Å². The summed E-state index contributed by atoms with van der Waals surface area (Å²) in [6.45, 7) is 1.99. The number of fused-ring (bicyclic) bond motifs is 1. The zero-order valence-corrected chi connectivity index (χ0v) is 9.77. The van der Waals surface area contributed by atoms with Gasteiger partial charge in [0.05, 0.1) is 5.69 Å². The number of hydrogen-bond donors (Lipinski definition) is 2. The minimum absolute atomic E-state index is 0.119. The van der Waals surface area contributed by atoms with Crippen LogP contribution in [-0.4, -0.2) is 25.7 Å². The number of hydrogen-bond acceptors (Lipinski definition) is 4. The van der Waals surface area contributed by atoms with Crippen LogP contribution in [0.3, 0.4) is 0 Å². The summed E-state index contributed by atoms with van der Waals surface area (Å²) in [5.74, 6) is 0.926. The molecule has 0 saturated heterocycles. The Balaban J connectivity index is 1.71. The summed E-state index contributed by atoms with van der Waals surface area (Å²) < 4.78 is 1.87. The lowest BCUT2D eigenvalue weighted by Gasteiger charge is -2.69. The fraction of sp³-hybridized carbons (Fsp3) is 0.500. The van der Waals surface area contributed by atoms with Gasteiger partial charge >= 0.3 is 0 Å². The first kappa shape index (κ1) is 9.41. The zero-order chi connectivity index (χ0) is 11.7. The second-order valence-corrected chi connectivity index (χ2v) is 5.69. The van der Waals surface area contributed by atoms with Crippen molar-refractivity contribution in [2.24, 2.45) is 5.73 Å². The van der Waals surface area contributed by atoms with Crippen molar-refractivity contribution in [1.29, 1.82) is 0 Å². The highest BCUT2D eigenvalue weighted by Gasteiger charge is 2.66. The highest BCUT2D eigenvalue weighted by atomic mass is 15.3. The minimum atomic E-state index is 0.119. The second kappa shape index (κ2) is 2.61. The average molecular weight is 229 g/mol. The molecule has 2 bridgehead atoms. The van der Waals surface area contributed by atoms with Crippen molar-refractivity contribution >= 4 is 11.3 Å². The first-order valence-corrected chi connectivity index (χ1v) is 5.96. The number of anilines is 1. The molecule has 3 saturated carbocycles. The van der Waals surface area contributed by atoms with Crippen molar-refractivity contribution in [2.45, 2.75) is 37.3 Å². The molecule has 0 aromatic carbocycles. The Hall–Kier alpha value is -1.62. The Morgan fingerprint density at radius 3 is 2.88 bits per heavy atom. The molecule has 3 aliphatic carbocycles. The molecule has 5 nitrogen and oxygen atoms in total. The summed E-state index contributed by atoms with van der Waals surface area (Å²) in [7, 11) is 0. The van der Waals surface area contributed by atoms with Crippen LogP contribution >= 0.6 is 0 Å².